The maximum Gasteiger partial charge on any atom is 0.255 e. The largest absolute Gasteiger partial charge is 0.744 e. The summed E-state index contributed by atoms with van der Waals surface area (Å²) in [6.45, 7) is 3.64. The van der Waals surface area contributed by atoms with Crippen molar-refractivity contribution in [1.29, 1.82) is 0 Å². The van der Waals surface area contributed by atoms with Gasteiger partial charge in [0.1, 0.15) is 34.3 Å². The molecule has 0 aliphatic rings. The van der Waals surface area contributed by atoms with E-state index in [2.05, 4.69) is 20.5 Å². The Bertz CT molecular complexity index is 2660. The molecule has 5 N–H and O–H groups in total. The summed E-state index contributed by atoms with van der Waals surface area (Å²) in [5.74, 6) is -0.161. The van der Waals surface area contributed by atoms with Gasteiger partial charge < -0.3 is 30.8 Å². The molecule has 0 saturated carbocycles. The highest BCUT2D eigenvalue weighted by Gasteiger charge is 2.11. The van der Waals surface area contributed by atoms with Crippen molar-refractivity contribution < 1.29 is 39.9 Å². The third-order valence-corrected chi connectivity index (χ3v) is 10.3. The maximum atomic E-state index is 12.7. The van der Waals surface area contributed by atoms with Crippen molar-refractivity contribution >= 4 is 71.2 Å². The standard InChI is InChI=1S/C29H26N6O.2C7H8O3S/c1-34-16-13-25(14-17-34)31-22-6-3-20(4-7-22)29(36)33-24-10-8-23(9-11-24)32-27-15-18-35(2)28-12-5-21(30)19-26(27)28;2*1-6-2-4-7(5-3-6)11(8,9)10/h3-19H,30H2,1-2H3,(H,33,36);2*2-5H,1H3,(H,8,9,10). The van der Waals surface area contributed by atoms with Crippen LogP contribution in [0.2, 0.25) is 0 Å². The predicted octanol–water partition coefficient (Wildman–Crippen LogP) is 6.61. The molecule has 2 aromatic heterocycles. The second kappa shape index (κ2) is 18.5. The van der Waals surface area contributed by atoms with E-state index in [0.717, 1.165) is 50.5 Å². The molecule has 0 unspecified atom stereocenters. The van der Waals surface area contributed by atoms with E-state index in [1.165, 1.54) is 24.3 Å². The number of hydrogen-bond donors (Lipinski definition) is 4. The van der Waals surface area contributed by atoms with Crippen molar-refractivity contribution in [2.24, 2.45) is 14.1 Å². The Labute approximate surface area is 338 Å². The van der Waals surface area contributed by atoms with Gasteiger partial charge in [-0.2, -0.15) is 0 Å². The van der Waals surface area contributed by atoms with E-state index in [9.17, 15) is 30.7 Å². The summed E-state index contributed by atoms with van der Waals surface area (Å²) in [4.78, 5) is 12.4. The van der Waals surface area contributed by atoms with Gasteiger partial charge in [0.05, 0.1) is 26.6 Å². The molecule has 0 atom stereocenters. The smallest absolute Gasteiger partial charge is 0.255 e. The number of nitrogens with two attached hydrogens (primary N) is 1. The Morgan fingerprint density at radius 2 is 1.03 bits per heavy atom. The molecule has 0 spiro atoms. The van der Waals surface area contributed by atoms with Crippen LogP contribution in [0.4, 0.5) is 34.1 Å². The quantitative estimate of drug-likeness (QED) is 0.0735. The van der Waals surface area contributed by atoms with Crippen molar-refractivity contribution in [3.8, 4) is 0 Å². The molecule has 58 heavy (non-hydrogen) atoms. The summed E-state index contributed by atoms with van der Waals surface area (Å²) in [5, 5.41) is 10.8. The predicted molar refractivity (Wildman–Crippen MR) is 223 cm³/mol. The average Bonchev–Trinajstić information content (AvgIpc) is 3.18. The third kappa shape index (κ3) is 12.2. The van der Waals surface area contributed by atoms with E-state index in [4.69, 9.17) is 5.73 Å². The minimum atomic E-state index is -4.27. The Kier molecular flexibility index (Phi) is 13.6. The van der Waals surface area contributed by atoms with E-state index in [1.807, 2.05) is 136 Å². The molecule has 0 radical (unpaired) electrons. The highest BCUT2D eigenvalue weighted by molar-refractivity contribution is 7.86. The zero-order chi connectivity index (χ0) is 42.0. The SMILES string of the molecule is C[n+]1ccc(Nc2ccc(C(=O)Nc3ccc(Nc4cc[n+](C)c5ccc(N)cc45)cc3)cc2)cc1.Cc1ccc(S(=O)(=O)[O-])cc1.Cc1ccc(S(=O)(=O)[O-])cc1. The van der Waals surface area contributed by atoms with Gasteiger partial charge >= 0.3 is 0 Å². The second-order valence-electron chi connectivity index (χ2n) is 13.3. The molecule has 1 amide bonds. The van der Waals surface area contributed by atoms with Gasteiger partial charge in [-0.25, -0.2) is 26.0 Å². The zero-order valence-corrected chi connectivity index (χ0v) is 33.7. The van der Waals surface area contributed by atoms with Crippen LogP contribution < -0.4 is 30.8 Å². The average molecular weight is 819 g/mol. The number of carbonyl (C=O) groups excluding carboxylic acids is 1. The lowest BCUT2D eigenvalue weighted by molar-refractivity contribution is -0.671. The van der Waals surface area contributed by atoms with Crippen LogP contribution in [0.25, 0.3) is 10.9 Å². The Balaban J connectivity index is 0.000000236. The highest BCUT2D eigenvalue weighted by atomic mass is 32.2. The number of fused-ring (bicyclic) bond motifs is 1. The van der Waals surface area contributed by atoms with Crippen LogP contribution in [0.5, 0.6) is 0 Å². The van der Waals surface area contributed by atoms with Gasteiger partial charge in [0.15, 0.2) is 18.6 Å². The molecule has 0 saturated heterocycles. The van der Waals surface area contributed by atoms with Gasteiger partial charge in [0.2, 0.25) is 5.52 Å². The van der Waals surface area contributed by atoms with E-state index in [0.29, 0.717) is 11.3 Å². The molecule has 0 aliphatic carbocycles. The number of pyridine rings is 2. The van der Waals surface area contributed by atoms with Crippen molar-refractivity contribution in [2.45, 2.75) is 23.6 Å². The van der Waals surface area contributed by atoms with Crippen molar-refractivity contribution in [3.63, 3.8) is 0 Å². The number of carbonyl (C=O) groups is 1. The first-order valence-corrected chi connectivity index (χ1v) is 20.5. The van der Waals surface area contributed by atoms with E-state index in [-0.39, 0.29) is 15.7 Å². The van der Waals surface area contributed by atoms with Gasteiger partial charge in [-0.05, 0) is 98.8 Å². The van der Waals surface area contributed by atoms with Crippen LogP contribution in [0, 0.1) is 13.8 Å². The molecule has 5 aromatic carbocycles. The monoisotopic (exact) mass is 818 g/mol. The number of nitrogens with one attached hydrogen (secondary N) is 3. The molecular formula is C43H42N6O7S2. The number of aryl methyl sites for hydroxylation is 4. The summed E-state index contributed by atoms with van der Waals surface area (Å²) in [6, 6.07) is 38.5. The molecule has 298 valence electrons. The van der Waals surface area contributed by atoms with Gasteiger partial charge in [0, 0.05) is 52.6 Å². The first kappa shape index (κ1) is 42.5. The molecule has 13 nitrogen and oxygen atoms in total. The molecule has 7 rings (SSSR count). The molecule has 7 aromatic rings. The van der Waals surface area contributed by atoms with Crippen LogP contribution >= 0.6 is 0 Å². The normalized spacial score (nSPS) is 11.0. The van der Waals surface area contributed by atoms with Crippen LogP contribution in [-0.2, 0) is 34.3 Å². The Hall–Kier alpha value is -6.65. The molecular weight excluding hydrogens is 777 g/mol. The van der Waals surface area contributed by atoms with E-state index in [1.54, 1.807) is 24.3 Å². The number of nitrogens with zero attached hydrogens (tertiary/aromatic N) is 2. The van der Waals surface area contributed by atoms with Gasteiger partial charge in [-0.3, -0.25) is 4.79 Å². The fourth-order valence-corrected chi connectivity index (χ4v) is 6.34. The lowest BCUT2D eigenvalue weighted by atomic mass is 10.1. The molecule has 0 fully saturated rings. The van der Waals surface area contributed by atoms with Gasteiger partial charge in [0.25, 0.3) is 5.91 Å². The van der Waals surface area contributed by atoms with Gasteiger partial charge in [-0.1, -0.05) is 35.4 Å². The van der Waals surface area contributed by atoms with E-state index >= 15 is 0 Å². The first-order valence-electron chi connectivity index (χ1n) is 17.7. The van der Waals surface area contributed by atoms with Crippen LogP contribution in [0.3, 0.4) is 0 Å². The topological polar surface area (TPSA) is 201 Å². The van der Waals surface area contributed by atoms with Crippen molar-refractivity contribution in [3.05, 3.63) is 169 Å². The third-order valence-electron chi connectivity index (χ3n) is 8.61. The molecule has 2 heterocycles. The molecule has 0 aliphatic heterocycles. The number of benzene rings is 5. The molecule has 0 bridgehead atoms. The lowest BCUT2D eigenvalue weighted by Crippen LogP contribution is -2.28. The number of nitrogen functional groups attached to an aromatic ring is 1. The minimum absolute atomic E-state index is 0.161. The van der Waals surface area contributed by atoms with Crippen LogP contribution in [0.15, 0.2) is 162 Å². The fraction of sp³-hybridized carbons (Fsp3) is 0.0930. The summed E-state index contributed by atoms with van der Waals surface area (Å²) in [5.41, 5.74) is 14.8. The zero-order valence-electron chi connectivity index (χ0n) is 32.1. The number of rotatable bonds is 8. The summed E-state index contributed by atoms with van der Waals surface area (Å²) in [6.07, 6.45) is 5.96. The Morgan fingerprint density at radius 1 is 0.569 bits per heavy atom. The number of amides is 1. The lowest BCUT2D eigenvalue weighted by Gasteiger charge is -2.11. The number of hydrogen-bond acceptors (Lipinski definition) is 10. The second-order valence-corrected chi connectivity index (χ2v) is 16.0. The fourth-order valence-electron chi connectivity index (χ4n) is 5.40. The number of anilines is 6. The van der Waals surface area contributed by atoms with Gasteiger partial charge in [-0.15, -0.1) is 0 Å². The van der Waals surface area contributed by atoms with Crippen molar-refractivity contribution in [1.82, 2.24) is 0 Å². The van der Waals surface area contributed by atoms with Crippen LogP contribution in [0.1, 0.15) is 21.5 Å². The molecule has 15 heteroatoms. The summed E-state index contributed by atoms with van der Waals surface area (Å²) in [7, 11) is -4.56. The summed E-state index contributed by atoms with van der Waals surface area (Å²) < 4.78 is 66.4. The highest BCUT2D eigenvalue weighted by Crippen LogP contribution is 2.27. The first-order chi connectivity index (χ1) is 27.4. The van der Waals surface area contributed by atoms with Crippen LogP contribution in [-0.4, -0.2) is 31.8 Å². The summed E-state index contributed by atoms with van der Waals surface area (Å²) >= 11 is 0. The van der Waals surface area contributed by atoms with E-state index < -0.39 is 20.2 Å². The maximum absolute atomic E-state index is 12.7. The number of aromatic nitrogens is 2. The van der Waals surface area contributed by atoms with Crippen molar-refractivity contribution in [2.75, 3.05) is 21.7 Å². The Morgan fingerprint density at radius 3 is 1.55 bits per heavy atom. The minimum Gasteiger partial charge on any atom is -0.744 e.